The molecule has 4 rings (SSSR count). The number of anilines is 1. The molecule has 0 radical (unpaired) electrons. The largest absolute Gasteiger partial charge is 0.494 e. The summed E-state index contributed by atoms with van der Waals surface area (Å²) in [7, 11) is 0. The van der Waals surface area contributed by atoms with E-state index in [0.717, 1.165) is 39.6 Å². The molecule has 168 valence electrons. The summed E-state index contributed by atoms with van der Waals surface area (Å²) in [5.74, 6) is 1.65. The first-order valence-corrected chi connectivity index (χ1v) is 11.8. The Labute approximate surface area is 198 Å². The minimum atomic E-state index is -0.0903. The van der Waals surface area contributed by atoms with Crippen molar-refractivity contribution in [2.24, 2.45) is 0 Å². The first-order valence-electron chi connectivity index (χ1n) is 10.8. The third-order valence-electron chi connectivity index (χ3n) is 4.91. The number of carbonyl (C=O) groups is 1. The van der Waals surface area contributed by atoms with Gasteiger partial charge >= 0.3 is 0 Å². The smallest absolute Gasteiger partial charge is 0.234 e. The number of hydrogen-bond acceptors (Lipinski definition) is 5. The van der Waals surface area contributed by atoms with E-state index in [1.54, 1.807) is 0 Å². The number of benzene rings is 3. The number of carbonyl (C=O) groups excluding carboxylic acids is 1. The second-order valence-electron chi connectivity index (χ2n) is 7.65. The van der Waals surface area contributed by atoms with Crippen molar-refractivity contribution in [2.45, 2.75) is 25.9 Å². The van der Waals surface area contributed by atoms with Crippen molar-refractivity contribution >= 4 is 23.4 Å². The van der Waals surface area contributed by atoms with Gasteiger partial charge in [0.05, 0.1) is 12.4 Å². The normalized spacial score (nSPS) is 10.8. The lowest BCUT2D eigenvalue weighted by atomic mass is 10.1. The first kappa shape index (κ1) is 22.6. The van der Waals surface area contributed by atoms with Gasteiger partial charge in [0, 0.05) is 16.9 Å². The van der Waals surface area contributed by atoms with Crippen LogP contribution in [0, 0.1) is 13.8 Å². The van der Waals surface area contributed by atoms with E-state index in [2.05, 4.69) is 21.6 Å². The molecule has 1 N–H and O–H groups in total. The average molecular weight is 459 g/mol. The molecular weight excluding hydrogens is 432 g/mol. The number of rotatable bonds is 8. The van der Waals surface area contributed by atoms with Crippen LogP contribution in [0.15, 0.2) is 78.0 Å². The van der Waals surface area contributed by atoms with Crippen LogP contribution in [0.2, 0.25) is 0 Å². The lowest BCUT2D eigenvalue weighted by Gasteiger charge is -2.12. The molecule has 0 bridgehead atoms. The Morgan fingerprint density at radius 1 is 0.970 bits per heavy atom. The molecular formula is C26H26N4O2S. The minimum absolute atomic E-state index is 0.0903. The van der Waals surface area contributed by atoms with Crippen LogP contribution < -0.4 is 10.1 Å². The van der Waals surface area contributed by atoms with Crippen LogP contribution in [-0.4, -0.2) is 33.0 Å². The number of aryl methyl sites for hydroxylation is 2. The van der Waals surface area contributed by atoms with Crippen molar-refractivity contribution < 1.29 is 9.53 Å². The van der Waals surface area contributed by atoms with E-state index in [9.17, 15) is 4.79 Å². The van der Waals surface area contributed by atoms with Gasteiger partial charge in [-0.2, -0.15) is 0 Å². The molecule has 6 nitrogen and oxygen atoms in total. The molecule has 7 heteroatoms. The summed E-state index contributed by atoms with van der Waals surface area (Å²) in [5, 5.41) is 12.5. The van der Waals surface area contributed by atoms with Crippen LogP contribution >= 0.6 is 11.8 Å². The zero-order valence-electron chi connectivity index (χ0n) is 18.9. The molecule has 0 aliphatic carbocycles. The molecule has 0 atom stereocenters. The quantitative estimate of drug-likeness (QED) is 0.344. The molecule has 4 aromatic rings. The highest BCUT2D eigenvalue weighted by molar-refractivity contribution is 7.99. The Morgan fingerprint density at radius 2 is 1.67 bits per heavy atom. The zero-order valence-corrected chi connectivity index (χ0v) is 19.7. The predicted octanol–water partition coefficient (Wildman–Crippen LogP) is 5.68. The van der Waals surface area contributed by atoms with Gasteiger partial charge in [0.15, 0.2) is 11.0 Å². The van der Waals surface area contributed by atoms with Crippen LogP contribution in [0.3, 0.4) is 0 Å². The molecule has 0 spiro atoms. The Bertz CT molecular complexity index is 1220. The number of nitrogens with zero attached hydrogens (tertiary/aromatic N) is 3. The predicted molar refractivity (Wildman–Crippen MR) is 133 cm³/mol. The van der Waals surface area contributed by atoms with Gasteiger partial charge in [-0.25, -0.2) is 0 Å². The number of amides is 1. The number of ether oxygens (including phenoxy) is 1. The Kier molecular flexibility index (Phi) is 7.10. The lowest BCUT2D eigenvalue weighted by molar-refractivity contribution is -0.113. The van der Waals surface area contributed by atoms with Crippen LogP contribution in [0.4, 0.5) is 5.69 Å². The minimum Gasteiger partial charge on any atom is -0.494 e. The molecule has 0 aliphatic rings. The van der Waals surface area contributed by atoms with Gasteiger partial charge in [-0.1, -0.05) is 48.2 Å². The third-order valence-corrected chi connectivity index (χ3v) is 5.84. The van der Waals surface area contributed by atoms with E-state index in [-0.39, 0.29) is 11.7 Å². The van der Waals surface area contributed by atoms with Gasteiger partial charge in [-0.3, -0.25) is 9.36 Å². The SMILES string of the molecule is CCOc1ccc(-n2c(SCC(=O)Nc3cc(C)cc(C)c3)nnc2-c2ccccc2)cc1. The maximum absolute atomic E-state index is 12.6. The summed E-state index contributed by atoms with van der Waals surface area (Å²) in [6.07, 6.45) is 0. The highest BCUT2D eigenvalue weighted by Gasteiger charge is 2.17. The van der Waals surface area contributed by atoms with Crippen molar-refractivity contribution in [3.05, 3.63) is 83.9 Å². The van der Waals surface area contributed by atoms with E-state index in [0.29, 0.717) is 11.8 Å². The van der Waals surface area contributed by atoms with E-state index in [1.807, 2.05) is 92.1 Å². The second kappa shape index (κ2) is 10.4. The zero-order chi connectivity index (χ0) is 23.2. The molecule has 0 saturated carbocycles. The van der Waals surface area contributed by atoms with E-state index in [4.69, 9.17) is 4.74 Å². The van der Waals surface area contributed by atoms with Gasteiger partial charge in [0.2, 0.25) is 5.91 Å². The first-order chi connectivity index (χ1) is 16.0. The second-order valence-corrected chi connectivity index (χ2v) is 8.59. The van der Waals surface area contributed by atoms with Crippen LogP contribution in [0.25, 0.3) is 17.1 Å². The molecule has 33 heavy (non-hydrogen) atoms. The number of thioether (sulfide) groups is 1. The summed E-state index contributed by atoms with van der Waals surface area (Å²) in [5.41, 5.74) is 4.88. The van der Waals surface area contributed by atoms with E-state index in [1.165, 1.54) is 11.8 Å². The van der Waals surface area contributed by atoms with Gasteiger partial charge in [-0.15, -0.1) is 10.2 Å². The van der Waals surface area contributed by atoms with Crippen molar-refractivity contribution in [1.82, 2.24) is 14.8 Å². The molecule has 1 amide bonds. The van der Waals surface area contributed by atoms with Crippen LogP contribution in [0.5, 0.6) is 5.75 Å². The standard InChI is InChI=1S/C26H26N4O2S/c1-4-32-23-12-10-22(11-13-23)30-25(20-8-6-5-7-9-20)28-29-26(30)33-17-24(31)27-21-15-18(2)14-19(3)16-21/h5-16H,4,17H2,1-3H3,(H,27,31). The molecule has 0 aliphatic heterocycles. The summed E-state index contributed by atoms with van der Waals surface area (Å²) in [4.78, 5) is 12.6. The van der Waals surface area contributed by atoms with Crippen molar-refractivity contribution in [3.8, 4) is 22.8 Å². The molecule has 3 aromatic carbocycles. The molecule has 0 unspecified atom stereocenters. The monoisotopic (exact) mass is 458 g/mol. The fraction of sp³-hybridized carbons (Fsp3) is 0.192. The Morgan fingerprint density at radius 3 is 2.33 bits per heavy atom. The summed E-state index contributed by atoms with van der Waals surface area (Å²) in [6, 6.07) is 23.7. The number of hydrogen-bond donors (Lipinski definition) is 1. The Hall–Kier alpha value is -3.58. The molecule has 1 heterocycles. The Balaban J connectivity index is 1.58. The molecule has 0 saturated heterocycles. The molecule has 0 fully saturated rings. The fourth-order valence-corrected chi connectivity index (χ4v) is 4.35. The van der Waals surface area contributed by atoms with E-state index < -0.39 is 0 Å². The molecule has 1 aromatic heterocycles. The summed E-state index contributed by atoms with van der Waals surface area (Å²) in [6.45, 7) is 6.60. The number of aromatic nitrogens is 3. The van der Waals surface area contributed by atoms with Crippen LogP contribution in [-0.2, 0) is 4.79 Å². The van der Waals surface area contributed by atoms with E-state index >= 15 is 0 Å². The highest BCUT2D eigenvalue weighted by atomic mass is 32.2. The summed E-state index contributed by atoms with van der Waals surface area (Å²) >= 11 is 1.35. The maximum atomic E-state index is 12.6. The average Bonchev–Trinajstić information content (AvgIpc) is 3.22. The van der Waals surface area contributed by atoms with Crippen molar-refractivity contribution in [2.75, 3.05) is 17.7 Å². The highest BCUT2D eigenvalue weighted by Crippen LogP contribution is 2.29. The van der Waals surface area contributed by atoms with Gasteiger partial charge in [0.25, 0.3) is 0 Å². The van der Waals surface area contributed by atoms with Crippen LogP contribution in [0.1, 0.15) is 18.1 Å². The van der Waals surface area contributed by atoms with Crippen molar-refractivity contribution in [3.63, 3.8) is 0 Å². The fourth-order valence-electron chi connectivity index (χ4n) is 3.60. The van der Waals surface area contributed by atoms with Crippen molar-refractivity contribution in [1.29, 1.82) is 0 Å². The third kappa shape index (κ3) is 5.62. The van der Waals surface area contributed by atoms with Gasteiger partial charge in [0.1, 0.15) is 5.75 Å². The van der Waals surface area contributed by atoms with Gasteiger partial charge in [-0.05, 0) is 68.3 Å². The number of nitrogens with one attached hydrogen (secondary N) is 1. The lowest BCUT2D eigenvalue weighted by Crippen LogP contribution is -2.14. The summed E-state index contributed by atoms with van der Waals surface area (Å²) < 4.78 is 7.55. The van der Waals surface area contributed by atoms with Gasteiger partial charge < -0.3 is 10.1 Å². The topological polar surface area (TPSA) is 69.0 Å². The maximum Gasteiger partial charge on any atom is 0.234 e.